The average Bonchev–Trinajstić information content (AvgIpc) is 2.46. The molecule has 0 unspecified atom stereocenters. The number of carbonyl (C=O) groups is 2. The topological polar surface area (TPSA) is 63.6 Å². The van der Waals surface area contributed by atoms with Crippen LogP contribution in [0.1, 0.15) is 22.9 Å². The van der Waals surface area contributed by atoms with Gasteiger partial charge in [-0.25, -0.2) is 4.79 Å². The van der Waals surface area contributed by atoms with Gasteiger partial charge in [0.15, 0.2) is 0 Å². The van der Waals surface area contributed by atoms with Crippen molar-refractivity contribution in [3.05, 3.63) is 65.2 Å². The van der Waals surface area contributed by atoms with Crippen molar-refractivity contribution < 1.29 is 50.4 Å². The average molecular weight is 294 g/mol. The normalized spacial score (nSPS) is 9.57. The zero-order valence-electron chi connectivity index (χ0n) is 13.0. The Bertz CT molecular complexity index is 658. The number of aryl methyl sites for hydroxylation is 1. The maximum atomic E-state index is 11.6. The Morgan fingerprint density at radius 3 is 2.38 bits per heavy atom. The summed E-state index contributed by atoms with van der Waals surface area (Å²) in [6.07, 6.45) is 0. The van der Waals surface area contributed by atoms with Gasteiger partial charge in [-0.3, -0.25) is 4.79 Å². The summed E-state index contributed by atoms with van der Waals surface area (Å²) in [5, 5.41) is 8.80. The molecule has 0 aromatic heterocycles. The molecule has 2 rings (SSSR count). The van der Waals surface area contributed by atoms with Gasteiger partial charge in [0, 0.05) is 11.1 Å². The van der Waals surface area contributed by atoms with Crippen LogP contribution in [0.5, 0.6) is 5.75 Å². The maximum Gasteiger partial charge on any atom is 1.00 e. The Labute approximate surface area is 146 Å². The molecule has 2 aromatic rings. The largest absolute Gasteiger partial charge is 1.00 e. The number of Topliss-reactive ketones (excluding diaryl/α,β-unsaturated/α-hetero) is 1. The van der Waals surface area contributed by atoms with E-state index in [0.717, 1.165) is 5.56 Å². The molecule has 0 saturated carbocycles. The molecule has 0 aliphatic rings. The number of carbonyl (C=O) groups excluding carboxylic acids is 1. The van der Waals surface area contributed by atoms with Crippen LogP contribution < -0.4 is 34.3 Å². The van der Waals surface area contributed by atoms with Crippen molar-refractivity contribution in [3.8, 4) is 5.75 Å². The first-order chi connectivity index (χ1) is 9.59. The summed E-state index contributed by atoms with van der Waals surface area (Å²) in [5.74, 6) is -1.67. The van der Waals surface area contributed by atoms with Gasteiger partial charge in [-0.2, -0.15) is 0 Å². The quantitative estimate of drug-likeness (QED) is 0.477. The van der Waals surface area contributed by atoms with Crippen LogP contribution in [0.25, 0.3) is 0 Å². The third-order valence-electron chi connectivity index (χ3n) is 2.93. The van der Waals surface area contributed by atoms with Crippen molar-refractivity contribution >= 4 is 11.8 Å². The number of para-hydroxylation sites is 1. The van der Waals surface area contributed by atoms with Gasteiger partial charge in [0.05, 0.1) is 0 Å². The van der Waals surface area contributed by atoms with Gasteiger partial charge in [-0.05, 0) is 18.6 Å². The fourth-order valence-electron chi connectivity index (χ4n) is 1.86. The number of hydrogen-bond acceptors (Lipinski definition) is 3. The third-order valence-corrected chi connectivity index (χ3v) is 2.93. The second-order valence-electron chi connectivity index (χ2n) is 4.35. The Morgan fingerprint density at radius 2 is 1.71 bits per heavy atom. The Hall–Kier alpha value is -1.62. The van der Waals surface area contributed by atoms with Gasteiger partial charge in [-0.1, -0.05) is 42.5 Å². The van der Waals surface area contributed by atoms with Crippen molar-refractivity contribution in [2.45, 2.75) is 13.5 Å². The summed E-state index contributed by atoms with van der Waals surface area (Å²) in [7, 11) is 0. The van der Waals surface area contributed by atoms with E-state index in [9.17, 15) is 9.59 Å². The first kappa shape index (κ1) is 17.4. The van der Waals surface area contributed by atoms with Crippen LogP contribution in [0.15, 0.2) is 48.5 Å². The van der Waals surface area contributed by atoms with Gasteiger partial charge in [-0.15, -0.1) is 0 Å². The molecule has 0 radical (unpaired) electrons. The summed E-state index contributed by atoms with van der Waals surface area (Å²) < 4.78 is 5.65. The van der Waals surface area contributed by atoms with E-state index in [1.54, 1.807) is 18.2 Å². The van der Waals surface area contributed by atoms with Crippen LogP contribution in [0.2, 0.25) is 0 Å². The molecule has 0 amide bonds. The molecule has 0 fully saturated rings. The maximum absolute atomic E-state index is 11.6. The Morgan fingerprint density at radius 1 is 1.10 bits per heavy atom. The van der Waals surface area contributed by atoms with Gasteiger partial charge < -0.3 is 11.3 Å². The molecule has 104 valence electrons. The van der Waals surface area contributed by atoms with E-state index >= 15 is 0 Å². The SMILES string of the molecule is Cc1ccccc1OCc1ccccc1C(=O)C(=O)O.[H-].[Na+]. The minimum absolute atomic E-state index is 0. The summed E-state index contributed by atoms with van der Waals surface area (Å²) in [5.41, 5.74) is 1.70. The van der Waals surface area contributed by atoms with Gasteiger partial charge in [0.25, 0.3) is 5.78 Å². The van der Waals surface area contributed by atoms with Crippen molar-refractivity contribution in [2.24, 2.45) is 0 Å². The molecule has 0 saturated heterocycles. The first-order valence-electron chi connectivity index (χ1n) is 6.13. The van der Waals surface area contributed by atoms with E-state index in [4.69, 9.17) is 9.84 Å². The van der Waals surface area contributed by atoms with E-state index in [0.29, 0.717) is 11.3 Å². The molecule has 4 nitrogen and oxygen atoms in total. The van der Waals surface area contributed by atoms with E-state index in [-0.39, 0.29) is 43.2 Å². The molecule has 0 heterocycles. The molecule has 0 aliphatic heterocycles. The van der Waals surface area contributed by atoms with Gasteiger partial charge in [0.1, 0.15) is 12.4 Å². The number of ketones is 1. The molecule has 2 aromatic carbocycles. The minimum atomic E-state index is -1.46. The smallest absolute Gasteiger partial charge is 1.00 e. The van der Waals surface area contributed by atoms with Gasteiger partial charge in [0.2, 0.25) is 0 Å². The zero-order valence-corrected chi connectivity index (χ0v) is 14.0. The second-order valence-corrected chi connectivity index (χ2v) is 4.35. The molecular weight excluding hydrogens is 279 g/mol. The standard InChI is InChI=1S/C16H14O4.Na.H/c1-11-6-2-5-9-14(11)20-10-12-7-3-4-8-13(12)15(17)16(18)19;;/h2-9H,10H2,1H3,(H,18,19);;/q;+1;-1. The zero-order chi connectivity index (χ0) is 14.5. The number of carboxylic acids is 1. The van der Waals surface area contributed by atoms with Crippen LogP contribution in [0.3, 0.4) is 0 Å². The molecule has 0 bridgehead atoms. The number of benzene rings is 2. The summed E-state index contributed by atoms with van der Waals surface area (Å²) in [6, 6.07) is 14.1. The number of aliphatic carboxylic acids is 1. The molecule has 1 N–H and O–H groups in total. The second kappa shape index (κ2) is 7.98. The molecule has 5 heteroatoms. The summed E-state index contributed by atoms with van der Waals surface area (Å²) in [4.78, 5) is 22.4. The molecule has 0 spiro atoms. The first-order valence-corrected chi connectivity index (χ1v) is 6.13. The molecule has 0 atom stereocenters. The van der Waals surface area contributed by atoms with Crippen molar-refractivity contribution in [2.75, 3.05) is 0 Å². The van der Waals surface area contributed by atoms with E-state index in [1.165, 1.54) is 6.07 Å². The summed E-state index contributed by atoms with van der Waals surface area (Å²) in [6.45, 7) is 2.07. The fourth-order valence-corrected chi connectivity index (χ4v) is 1.86. The van der Waals surface area contributed by atoms with Crippen LogP contribution in [0.4, 0.5) is 0 Å². The summed E-state index contributed by atoms with van der Waals surface area (Å²) >= 11 is 0. The fraction of sp³-hybridized carbons (Fsp3) is 0.125. The predicted molar refractivity (Wildman–Crippen MR) is 75.0 cm³/mol. The predicted octanol–water partition coefficient (Wildman–Crippen LogP) is -0.0422. The number of rotatable bonds is 5. The van der Waals surface area contributed by atoms with Gasteiger partial charge >= 0.3 is 35.5 Å². The molecule has 21 heavy (non-hydrogen) atoms. The molecule has 0 aliphatic carbocycles. The minimum Gasteiger partial charge on any atom is -1.00 e. The number of carboxylic acid groups (broad SMARTS) is 1. The monoisotopic (exact) mass is 294 g/mol. The Kier molecular flexibility index (Phi) is 6.62. The Balaban J connectivity index is 0.00000220. The van der Waals surface area contributed by atoms with Crippen LogP contribution in [-0.2, 0) is 11.4 Å². The third kappa shape index (κ3) is 4.43. The van der Waals surface area contributed by atoms with E-state index < -0.39 is 11.8 Å². The van der Waals surface area contributed by atoms with Crippen LogP contribution in [0, 0.1) is 6.92 Å². The molecular formula is C16H15NaO4. The van der Waals surface area contributed by atoms with Crippen LogP contribution in [-0.4, -0.2) is 16.9 Å². The number of hydrogen-bond donors (Lipinski definition) is 1. The van der Waals surface area contributed by atoms with E-state index in [2.05, 4.69) is 0 Å². The van der Waals surface area contributed by atoms with E-state index in [1.807, 2.05) is 31.2 Å². The number of ether oxygens (including phenoxy) is 1. The van der Waals surface area contributed by atoms with Crippen molar-refractivity contribution in [3.63, 3.8) is 0 Å². The van der Waals surface area contributed by atoms with Crippen molar-refractivity contribution in [1.29, 1.82) is 0 Å². The van der Waals surface area contributed by atoms with Crippen LogP contribution >= 0.6 is 0 Å². The van der Waals surface area contributed by atoms with Crippen molar-refractivity contribution in [1.82, 2.24) is 0 Å².